The van der Waals surface area contributed by atoms with Gasteiger partial charge in [0.15, 0.2) is 0 Å². The lowest BCUT2D eigenvalue weighted by Gasteiger charge is -2.50. The maximum Gasteiger partial charge on any atom is 0.230 e. The Morgan fingerprint density at radius 1 is 0.750 bits per heavy atom. The lowest BCUT2D eigenvalue weighted by Crippen LogP contribution is -2.62. The van der Waals surface area contributed by atoms with Crippen molar-refractivity contribution in [3.8, 4) is 0 Å². The van der Waals surface area contributed by atoms with E-state index in [2.05, 4.69) is 104 Å². The summed E-state index contributed by atoms with van der Waals surface area (Å²) in [4.78, 5) is 20.1. The highest BCUT2D eigenvalue weighted by atomic mass is 15.4. The minimum Gasteiger partial charge on any atom is -0.341 e. The molecule has 0 atom stereocenters. The van der Waals surface area contributed by atoms with Crippen LogP contribution in [-0.4, -0.2) is 62.8 Å². The normalized spacial score (nSPS) is 23.6. The molecule has 3 rings (SSSR count). The molecule has 0 amide bonds. The third kappa shape index (κ3) is 7.31. The van der Waals surface area contributed by atoms with Crippen molar-refractivity contribution >= 4 is 11.9 Å². The van der Waals surface area contributed by atoms with Crippen molar-refractivity contribution in [2.24, 2.45) is 0 Å². The molecular weight excluding hydrogens is 446 g/mol. The van der Waals surface area contributed by atoms with Crippen LogP contribution in [0.2, 0.25) is 0 Å². The number of piperidine rings is 2. The van der Waals surface area contributed by atoms with Crippen LogP contribution in [0.3, 0.4) is 0 Å². The Morgan fingerprint density at radius 2 is 1.19 bits per heavy atom. The Morgan fingerprint density at radius 3 is 1.64 bits per heavy atom. The van der Waals surface area contributed by atoms with Crippen LogP contribution >= 0.6 is 0 Å². The van der Waals surface area contributed by atoms with E-state index in [1.807, 2.05) is 0 Å². The van der Waals surface area contributed by atoms with Gasteiger partial charge in [-0.15, -0.1) is 0 Å². The zero-order valence-electron chi connectivity index (χ0n) is 25.4. The number of anilines is 2. The fourth-order valence-electron chi connectivity index (χ4n) is 6.88. The molecule has 7 heteroatoms. The number of hydrogen-bond donors (Lipinski definition) is 2. The summed E-state index contributed by atoms with van der Waals surface area (Å²) < 4.78 is 0. The van der Waals surface area contributed by atoms with Crippen LogP contribution in [0.1, 0.15) is 126 Å². The number of aromatic nitrogens is 3. The first-order chi connectivity index (χ1) is 16.4. The molecule has 0 aliphatic carbocycles. The minimum absolute atomic E-state index is 0.0661. The molecule has 2 N–H and O–H groups in total. The van der Waals surface area contributed by atoms with Crippen molar-refractivity contribution in [3.05, 3.63) is 5.82 Å². The van der Waals surface area contributed by atoms with Crippen LogP contribution in [0.25, 0.3) is 0 Å². The Hall–Kier alpha value is -1.47. The number of hydrogen-bond acceptors (Lipinski definition) is 7. The van der Waals surface area contributed by atoms with Crippen LogP contribution in [0, 0.1) is 0 Å². The smallest absolute Gasteiger partial charge is 0.230 e. The van der Waals surface area contributed by atoms with Gasteiger partial charge in [-0.05, 0) is 87.5 Å². The molecule has 0 spiro atoms. The van der Waals surface area contributed by atoms with E-state index in [4.69, 9.17) is 15.0 Å². The van der Waals surface area contributed by atoms with Crippen molar-refractivity contribution in [2.45, 2.75) is 155 Å². The Kier molecular flexibility index (Phi) is 8.37. The third-order valence-corrected chi connectivity index (χ3v) is 7.80. The van der Waals surface area contributed by atoms with Crippen LogP contribution in [0.15, 0.2) is 0 Å². The van der Waals surface area contributed by atoms with E-state index in [1.165, 1.54) is 0 Å². The van der Waals surface area contributed by atoms with Crippen molar-refractivity contribution in [1.82, 2.24) is 25.6 Å². The topological polar surface area (TPSA) is 69.2 Å². The molecule has 0 radical (unpaired) electrons. The van der Waals surface area contributed by atoms with Gasteiger partial charge < -0.3 is 20.4 Å². The zero-order valence-corrected chi connectivity index (χ0v) is 25.4. The summed E-state index contributed by atoms with van der Waals surface area (Å²) in [6.45, 7) is 26.1. The molecule has 2 fully saturated rings. The van der Waals surface area contributed by atoms with E-state index in [-0.39, 0.29) is 28.1 Å². The maximum absolute atomic E-state index is 5.20. The molecule has 7 nitrogen and oxygen atoms in total. The summed E-state index contributed by atoms with van der Waals surface area (Å²) in [5.41, 5.74) is 0.265. The molecule has 0 unspecified atom stereocenters. The molecule has 1 aromatic heterocycles. The van der Waals surface area contributed by atoms with E-state index in [1.54, 1.807) is 0 Å². The highest BCUT2D eigenvalue weighted by Crippen LogP contribution is 2.35. The predicted molar refractivity (Wildman–Crippen MR) is 153 cm³/mol. The standard InChI is InChI=1S/C29H55N7/c1-13-14-15-36(22-18-28(8,9)34-29(10,11)19-22)25-31-23(20(2)3)30-24(32-25)35(12)21-16-26(4,5)33-27(6,7)17-21/h20-22,33-34H,13-19H2,1-12H3. The van der Waals surface area contributed by atoms with Crippen molar-refractivity contribution in [2.75, 3.05) is 23.4 Å². The van der Waals surface area contributed by atoms with Crippen molar-refractivity contribution in [1.29, 1.82) is 0 Å². The number of unbranched alkanes of at least 4 members (excludes halogenated alkanes) is 1. The van der Waals surface area contributed by atoms with E-state index < -0.39 is 0 Å². The van der Waals surface area contributed by atoms with Gasteiger partial charge in [0.25, 0.3) is 0 Å². The maximum atomic E-state index is 5.20. The summed E-state index contributed by atoms with van der Waals surface area (Å²) in [5, 5.41) is 7.66. The summed E-state index contributed by atoms with van der Waals surface area (Å²) in [5.74, 6) is 2.81. The van der Waals surface area contributed by atoms with Crippen molar-refractivity contribution in [3.63, 3.8) is 0 Å². The first kappa shape index (κ1) is 29.1. The average molecular weight is 502 g/mol. The second-order valence-corrected chi connectivity index (χ2v) is 14.5. The molecule has 1 aromatic rings. The van der Waals surface area contributed by atoms with Crippen LogP contribution in [-0.2, 0) is 0 Å². The van der Waals surface area contributed by atoms with Gasteiger partial charge in [-0.3, -0.25) is 0 Å². The van der Waals surface area contributed by atoms with E-state index in [0.29, 0.717) is 12.1 Å². The lowest BCUT2D eigenvalue weighted by molar-refractivity contribution is 0.157. The fraction of sp³-hybridized carbons (Fsp3) is 0.897. The summed E-state index contributed by atoms with van der Waals surface area (Å²) in [6.07, 6.45) is 6.55. The molecule has 0 bridgehead atoms. The summed E-state index contributed by atoms with van der Waals surface area (Å²) in [7, 11) is 2.18. The largest absolute Gasteiger partial charge is 0.341 e. The molecule has 0 aromatic carbocycles. The molecule has 2 aliphatic heterocycles. The minimum atomic E-state index is 0.0661. The summed E-state index contributed by atoms with van der Waals surface area (Å²) >= 11 is 0. The van der Waals surface area contributed by atoms with Gasteiger partial charge in [0, 0.05) is 53.7 Å². The van der Waals surface area contributed by atoms with Gasteiger partial charge in [0.2, 0.25) is 11.9 Å². The van der Waals surface area contributed by atoms with Crippen LogP contribution in [0.4, 0.5) is 11.9 Å². The predicted octanol–water partition coefficient (Wildman–Crippen LogP) is 5.66. The molecule has 2 aliphatic rings. The zero-order chi connectivity index (χ0) is 27.1. The Bertz CT molecular complexity index is 858. The van der Waals surface area contributed by atoms with Gasteiger partial charge in [0.05, 0.1) is 0 Å². The van der Waals surface area contributed by atoms with Gasteiger partial charge in [-0.2, -0.15) is 15.0 Å². The number of nitrogens with zero attached hydrogens (tertiary/aromatic N) is 5. The lowest BCUT2D eigenvalue weighted by atomic mass is 9.79. The van der Waals surface area contributed by atoms with Gasteiger partial charge in [-0.1, -0.05) is 27.2 Å². The van der Waals surface area contributed by atoms with Crippen LogP contribution < -0.4 is 20.4 Å². The SMILES string of the molecule is CCCCN(c1nc(C(C)C)nc(N(C)C2CC(C)(C)NC(C)(C)C2)n1)C1CC(C)(C)NC(C)(C)C1. The Labute approximate surface area is 221 Å². The average Bonchev–Trinajstić information content (AvgIpc) is 2.68. The first-order valence-electron chi connectivity index (χ1n) is 14.3. The highest BCUT2D eigenvalue weighted by molar-refractivity contribution is 5.42. The molecule has 2 saturated heterocycles. The van der Waals surface area contributed by atoms with E-state index in [9.17, 15) is 0 Å². The monoisotopic (exact) mass is 501 g/mol. The Balaban J connectivity index is 2.02. The van der Waals surface area contributed by atoms with Gasteiger partial charge in [0.1, 0.15) is 5.82 Å². The summed E-state index contributed by atoms with van der Waals surface area (Å²) in [6, 6.07) is 0.757. The quantitative estimate of drug-likeness (QED) is 0.476. The second-order valence-electron chi connectivity index (χ2n) is 14.5. The number of rotatable bonds is 8. The molecular formula is C29H55N7. The molecule has 36 heavy (non-hydrogen) atoms. The molecule has 3 heterocycles. The molecule has 0 saturated carbocycles. The van der Waals surface area contributed by atoms with Crippen LogP contribution in [0.5, 0.6) is 0 Å². The highest BCUT2D eigenvalue weighted by Gasteiger charge is 2.42. The number of nitrogens with one attached hydrogen (secondary N) is 2. The fourth-order valence-corrected chi connectivity index (χ4v) is 6.88. The second kappa shape index (κ2) is 10.4. The third-order valence-electron chi connectivity index (χ3n) is 7.80. The van der Waals surface area contributed by atoms with Gasteiger partial charge >= 0.3 is 0 Å². The van der Waals surface area contributed by atoms with E-state index >= 15 is 0 Å². The van der Waals surface area contributed by atoms with Crippen molar-refractivity contribution < 1.29 is 0 Å². The van der Waals surface area contributed by atoms with Gasteiger partial charge in [-0.25, -0.2) is 0 Å². The first-order valence-corrected chi connectivity index (χ1v) is 14.3. The molecule has 206 valence electrons. The van der Waals surface area contributed by atoms with E-state index in [0.717, 1.165) is 62.8 Å².